The third-order valence-electron chi connectivity index (χ3n) is 5.34. The summed E-state index contributed by atoms with van der Waals surface area (Å²) in [7, 11) is 0. The molecule has 1 aromatic heterocycles. The van der Waals surface area contributed by atoms with Crippen LogP contribution in [0.4, 0.5) is 0 Å². The molecule has 0 saturated carbocycles. The molecule has 0 bridgehead atoms. The number of hydrogen-bond acceptors (Lipinski definition) is 3. The summed E-state index contributed by atoms with van der Waals surface area (Å²) in [6.45, 7) is 5.46. The van der Waals surface area contributed by atoms with Gasteiger partial charge in [-0.15, -0.1) is 24.8 Å². The second-order valence-corrected chi connectivity index (χ2v) is 7.18. The van der Waals surface area contributed by atoms with Crippen molar-refractivity contribution >= 4 is 41.8 Å². The van der Waals surface area contributed by atoms with Crippen LogP contribution < -0.4 is 5.73 Å². The molecule has 2 heterocycles. The molecular weight excluding hydrogens is 395 g/mol. The lowest BCUT2D eigenvalue weighted by molar-refractivity contribution is 0.0743. The molecule has 1 fully saturated rings. The van der Waals surface area contributed by atoms with Crippen molar-refractivity contribution in [1.29, 1.82) is 0 Å². The van der Waals surface area contributed by atoms with Gasteiger partial charge in [-0.3, -0.25) is 9.36 Å². The first-order valence-corrected chi connectivity index (χ1v) is 9.14. The molecule has 0 aliphatic carbocycles. The first kappa shape index (κ1) is 22.2. The van der Waals surface area contributed by atoms with Gasteiger partial charge in [0.2, 0.25) is 0 Å². The molecule has 150 valence electrons. The zero-order valence-electron chi connectivity index (χ0n) is 16.0. The number of aryl methyl sites for hydroxylation is 1. The Labute approximate surface area is 177 Å². The quantitative estimate of drug-likeness (QED) is 0.696. The van der Waals surface area contributed by atoms with E-state index in [9.17, 15) is 4.79 Å². The zero-order valence-corrected chi connectivity index (χ0v) is 17.7. The average Bonchev–Trinajstić information content (AvgIpc) is 3.20. The number of nitrogens with two attached hydrogens (primary N) is 1. The Morgan fingerprint density at radius 2 is 1.89 bits per heavy atom. The third-order valence-corrected chi connectivity index (χ3v) is 5.34. The monoisotopic (exact) mass is 420 g/mol. The van der Waals surface area contributed by atoms with Gasteiger partial charge in [0.15, 0.2) is 0 Å². The second kappa shape index (κ2) is 8.95. The number of nitrogens with zero attached hydrogens (tertiary/aromatic N) is 3. The molecule has 4 rings (SSSR count). The summed E-state index contributed by atoms with van der Waals surface area (Å²) in [5.74, 6) is 1.38. The number of rotatable bonds is 3. The number of imidazole rings is 1. The van der Waals surface area contributed by atoms with Crippen molar-refractivity contribution in [3.05, 3.63) is 59.9 Å². The Hall–Kier alpha value is -2.08. The van der Waals surface area contributed by atoms with Crippen LogP contribution in [0.1, 0.15) is 29.5 Å². The Morgan fingerprint density at radius 1 is 1.18 bits per heavy atom. The number of fused-ring (bicyclic) bond motifs is 1. The van der Waals surface area contributed by atoms with Crippen molar-refractivity contribution in [2.24, 2.45) is 11.7 Å². The minimum Gasteiger partial charge on any atom is -0.336 e. The van der Waals surface area contributed by atoms with E-state index in [0.29, 0.717) is 18.0 Å². The number of carbonyl (C=O) groups excluding carboxylic acids is 1. The molecule has 2 atom stereocenters. The van der Waals surface area contributed by atoms with Crippen LogP contribution in [-0.4, -0.2) is 39.5 Å². The Balaban J connectivity index is 0.00000140. The van der Waals surface area contributed by atoms with E-state index >= 15 is 0 Å². The van der Waals surface area contributed by atoms with Crippen LogP contribution in [0.25, 0.3) is 16.7 Å². The molecule has 1 saturated heterocycles. The van der Waals surface area contributed by atoms with Crippen LogP contribution in [0.3, 0.4) is 0 Å². The van der Waals surface area contributed by atoms with Crippen LogP contribution >= 0.6 is 24.8 Å². The van der Waals surface area contributed by atoms with Gasteiger partial charge in [-0.2, -0.15) is 0 Å². The van der Waals surface area contributed by atoms with Crippen molar-refractivity contribution in [2.75, 3.05) is 13.1 Å². The molecule has 1 aliphatic heterocycles. The normalized spacial score (nSPS) is 18.6. The molecule has 2 unspecified atom stereocenters. The maximum atomic E-state index is 13.0. The smallest absolute Gasteiger partial charge is 0.254 e. The SMILES string of the molecule is Cc1nc2cc(C(=O)N3CC(CN)CC3C)ccc2n1-c1ccccc1.Cl.Cl. The Kier molecular flexibility index (Phi) is 7.10. The van der Waals surface area contributed by atoms with Gasteiger partial charge < -0.3 is 10.6 Å². The van der Waals surface area contributed by atoms with E-state index in [2.05, 4.69) is 28.6 Å². The molecule has 1 amide bonds. The van der Waals surface area contributed by atoms with E-state index < -0.39 is 0 Å². The third kappa shape index (κ3) is 3.88. The molecule has 3 aromatic rings. The van der Waals surface area contributed by atoms with E-state index in [0.717, 1.165) is 35.5 Å². The van der Waals surface area contributed by atoms with Crippen molar-refractivity contribution in [3.63, 3.8) is 0 Å². The summed E-state index contributed by atoms with van der Waals surface area (Å²) in [6, 6.07) is 16.2. The van der Waals surface area contributed by atoms with Gasteiger partial charge in [0.05, 0.1) is 11.0 Å². The highest BCUT2D eigenvalue weighted by Gasteiger charge is 2.32. The number of aromatic nitrogens is 2. The summed E-state index contributed by atoms with van der Waals surface area (Å²) >= 11 is 0. The highest BCUT2D eigenvalue weighted by atomic mass is 35.5. The van der Waals surface area contributed by atoms with E-state index in [1.165, 1.54) is 0 Å². The first-order chi connectivity index (χ1) is 12.6. The van der Waals surface area contributed by atoms with Crippen LogP contribution in [-0.2, 0) is 0 Å². The zero-order chi connectivity index (χ0) is 18.3. The molecule has 0 spiro atoms. The fraction of sp³-hybridized carbons (Fsp3) is 0.333. The summed E-state index contributed by atoms with van der Waals surface area (Å²) in [5, 5.41) is 0. The maximum absolute atomic E-state index is 13.0. The van der Waals surface area contributed by atoms with Gasteiger partial charge in [0, 0.05) is 23.8 Å². The highest BCUT2D eigenvalue weighted by molar-refractivity contribution is 5.98. The topological polar surface area (TPSA) is 64.2 Å². The fourth-order valence-corrected chi connectivity index (χ4v) is 4.00. The largest absolute Gasteiger partial charge is 0.336 e. The number of benzene rings is 2. The van der Waals surface area contributed by atoms with E-state index in [1.807, 2.05) is 48.2 Å². The number of amides is 1. The molecule has 7 heteroatoms. The van der Waals surface area contributed by atoms with Crippen molar-refractivity contribution in [1.82, 2.24) is 14.5 Å². The number of hydrogen-bond donors (Lipinski definition) is 1. The van der Waals surface area contributed by atoms with E-state index in [1.54, 1.807) is 0 Å². The maximum Gasteiger partial charge on any atom is 0.254 e. The lowest BCUT2D eigenvalue weighted by Gasteiger charge is -2.21. The molecule has 5 nitrogen and oxygen atoms in total. The molecule has 1 aliphatic rings. The van der Waals surface area contributed by atoms with Gasteiger partial charge in [-0.05, 0) is 63.1 Å². The number of carbonyl (C=O) groups is 1. The summed E-state index contributed by atoms with van der Waals surface area (Å²) < 4.78 is 2.12. The predicted molar refractivity (Wildman–Crippen MR) is 118 cm³/mol. The summed E-state index contributed by atoms with van der Waals surface area (Å²) in [4.78, 5) is 19.6. The first-order valence-electron chi connectivity index (χ1n) is 9.14. The Morgan fingerprint density at radius 3 is 2.54 bits per heavy atom. The van der Waals surface area contributed by atoms with Gasteiger partial charge in [-0.25, -0.2) is 4.98 Å². The van der Waals surface area contributed by atoms with Crippen LogP contribution in [0, 0.1) is 12.8 Å². The van der Waals surface area contributed by atoms with E-state index in [4.69, 9.17) is 5.73 Å². The lowest BCUT2D eigenvalue weighted by atomic mass is 10.1. The minimum absolute atomic E-state index is 0. The summed E-state index contributed by atoms with van der Waals surface area (Å²) in [5.41, 5.74) is 9.42. The summed E-state index contributed by atoms with van der Waals surface area (Å²) in [6.07, 6.45) is 0.978. The molecule has 0 radical (unpaired) electrons. The number of likely N-dealkylation sites (tertiary alicyclic amines) is 1. The standard InChI is InChI=1S/C21H24N4O.2ClH/c1-14-10-16(12-22)13-24(14)21(26)17-8-9-20-19(11-17)23-15(2)25(20)18-6-4-3-5-7-18;;/h3-9,11,14,16H,10,12-13,22H2,1-2H3;2*1H. The van der Waals surface area contributed by atoms with Crippen molar-refractivity contribution in [3.8, 4) is 5.69 Å². The highest BCUT2D eigenvalue weighted by Crippen LogP contribution is 2.26. The average molecular weight is 421 g/mol. The minimum atomic E-state index is 0. The number of para-hydroxylation sites is 1. The van der Waals surface area contributed by atoms with Gasteiger partial charge in [0.25, 0.3) is 5.91 Å². The fourth-order valence-electron chi connectivity index (χ4n) is 4.00. The molecular formula is C21H26Cl2N4O. The second-order valence-electron chi connectivity index (χ2n) is 7.18. The number of halogens is 2. The van der Waals surface area contributed by atoms with Gasteiger partial charge in [0.1, 0.15) is 5.82 Å². The van der Waals surface area contributed by atoms with Crippen LogP contribution in [0.2, 0.25) is 0 Å². The van der Waals surface area contributed by atoms with Gasteiger partial charge in [-0.1, -0.05) is 18.2 Å². The van der Waals surface area contributed by atoms with Crippen molar-refractivity contribution in [2.45, 2.75) is 26.3 Å². The predicted octanol–water partition coefficient (Wildman–Crippen LogP) is 3.99. The molecule has 2 N–H and O–H groups in total. The molecule has 28 heavy (non-hydrogen) atoms. The van der Waals surface area contributed by atoms with Crippen LogP contribution in [0.15, 0.2) is 48.5 Å². The lowest BCUT2D eigenvalue weighted by Crippen LogP contribution is -2.34. The Bertz CT molecular complexity index is 958. The molecule has 2 aromatic carbocycles. The van der Waals surface area contributed by atoms with Crippen LogP contribution in [0.5, 0.6) is 0 Å². The van der Waals surface area contributed by atoms with E-state index in [-0.39, 0.29) is 36.8 Å². The van der Waals surface area contributed by atoms with Gasteiger partial charge >= 0.3 is 0 Å². The van der Waals surface area contributed by atoms with Crippen molar-refractivity contribution < 1.29 is 4.79 Å².